The molecule has 3 aromatic heterocycles. The van der Waals surface area contributed by atoms with Gasteiger partial charge >= 0.3 is 0 Å². The van der Waals surface area contributed by atoms with Crippen LogP contribution >= 0.6 is 0 Å². The number of fused-ring (bicyclic) bond motifs is 2. The Hall–Kier alpha value is -2.97. The zero-order valence-corrected chi connectivity index (χ0v) is 18.9. The van der Waals surface area contributed by atoms with Crippen LogP contribution in [0.5, 0.6) is 0 Å². The van der Waals surface area contributed by atoms with Gasteiger partial charge in [0.2, 0.25) is 11.9 Å². The highest BCUT2D eigenvalue weighted by molar-refractivity contribution is 5.99. The predicted octanol–water partition coefficient (Wildman–Crippen LogP) is 6.14. The van der Waals surface area contributed by atoms with Gasteiger partial charge < -0.3 is 5.32 Å². The number of rotatable bonds is 5. The number of anilines is 1. The lowest BCUT2D eigenvalue weighted by Crippen LogP contribution is -2.32. The van der Waals surface area contributed by atoms with Crippen molar-refractivity contribution in [2.75, 3.05) is 5.32 Å². The second-order valence-corrected chi connectivity index (χ2v) is 9.49. The molecule has 0 amide bonds. The monoisotopic (exact) mass is 458 g/mol. The SMILES string of the molecule is CC1=Nc2ccc(-c3ccn4nc(NC5CCC(F)(F)CC5)ncc34)nc2C1(C)CC(C)F.[HH]. The Morgan fingerprint density at radius 2 is 2.00 bits per heavy atom. The van der Waals surface area contributed by atoms with Gasteiger partial charge in [-0.05, 0) is 58.2 Å². The number of hydrogen-bond acceptors (Lipinski definition) is 5. The van der Waals surface area contributed by atoms with Crippen molar-refractivity contribution in [2.45, 2.75) is 76.4 Å². The van der Waals surface area contributed by atoms with Crippen LogP contribution in [0, 0.1) is 0 Å². The first-order chi connectivity index (χ1) is 15.6. The van der Waals surface area contributed by atoms with Crippen LogP contribution in [0.4, 0.5) is 24.8 Å². The molecule has 0 bridgehead atoms. The molecule has 0 radical (unpaired) electrons. The third kappa shape index (κ3) is 3.98. The van der Waals surface area contributed by atoms with Crippen molar-refractivity contribution in [3.63, 3.8) is 0 Å². The Balaban J connectivity index is 0.00000274. The molecule has 1 fully saturated rings. The number of alkyl halides is 3. The Labute approximate surface area is 191 Å². The van der Waals surface area contributed by atoms with Gasteiger partial charge in [0.25, 0.3) is 0 Å². The highest BCUT2D eigenvalue weighted by Crippen LogP contribution is 2.43. The zero-order chi connectivity index (χ0) is 23.4. The van der Waals surface area contributed by atoms with Crippen molar-refractivity contribution in [3.05, 3.63) is 36.3 Å². The van der Waals surface area contributed by atoms with E-state index in [-0.39, 0.29) is 20.3 Å². The summed E-state index contributed by atoms with van der Waals surface area (Å²) in [6.07, 6.45) is 3.44. The van der Waals surface area contributed by atoms with E-state index in [1.54, 1.807) is 17.6 Å². The molecule has 6 nitrogen and oxygen atoms in total. The largest absolute Gasteiger partial charge is 0.350 e. The fraction of sp³-hybridized carbons (Fsp3) is 0.500. The lowest BCUT2D eigenvalue weighted by molar-refractivity contribution is -0.0361. The molecule has 4 heterocycles. The first-order valence-electron chi connectivity index (χ1n) is 11.4. The standard InChI is InChI=1S/C24H27F3N6.H2/c1-14(25)12-23(3)15(2)29-19-5-4-18(31-21(19)23)17-8-11-33-20(17)13-28-22(32-33)30-16-6-9-24(26,27)10-7-16;/h4-5,8,11,13-14,16H,6-7,9-10,12H2,1-3H3,(H,30,32);1H. The van der Waals surface area contributed by atoms with E-state index in [1.165, 1.54) is 0 Å². The maximum atomic E-state index is 13.9. The molecule has 2 atom stereocenters. The van der Waals surface area contributed by atoms with E-state index in [0.29, 0.717) is 25.2 Å². The molecule has 33 heavy (non-hydrogen) atoms. The van der Waals surface area contributed by atoms with Crippen LogP contribution in [0.1, 0.15) is 60.0 Å². The first-order valence-corrected chi connectivity index (χ1v) is 11.4. The van der Waals surface area contributed by atoms with Gasteiger partial charge in [-0.3, -0.25) is 4.99 Å². The van der Waals surface area contributed by atoms with Crippen LogP contribution in [-0.2, 0) is 5.41 Å². The van der Waals surface area contributed by atoms with E-state index in [0.717, 1.165) is 33.9 Å². The molecule has 3 aromatic rings. The summed E-state index contributed by atoms with van der Waals surface area (Å²) >= 11 is 0. The smallest absolute Gasteiger partial charge is 0.248 e. The highest BCUT2D eigenvalue weighted by atomic mass is 19.3. The maximum absolute atomic E-state index is 13.9. The molecule has 2 unspecified atom stereocenters. The van der Waals surface area contributed by atoms with Crippen molar-refractivity contribution >= 4 is 22.9 Å². The highest BCUT2D eigenvalue weighted by Gasteiger charge is 2.40. The summed E-state index contributed by atoms with van der Waals surface area (Å²) in [5, 5.41) is 7.70. The summed E-state index contributed by atoms with van der Waals surface area (Å²) in [5.41, 5.74) is 4.28. The van der Waals surface area contributed by atoms with Gasteiger partial charge in [0.05, 0.1) is 40.4 Å². The zero-order valence-electron chi connectivity index (χ0n) is 18.9. The first kappa shape index (κ1) is 21.9. The second-order valence-electron chi connectivity index (χ2n) is 9.49. The van der Waals surface area contributed by atoms with E-state index in [1.807, 2.05) is 38.2 Å². The van der Waals surface area contributed by atoms with Crippen molar-refractivity contribution in [2.24, 2.45) is 4.99 Å². The number of aliphatic imine (C=N–C) groups is 1. The summed E-state index contributed by atoms with van der Waals surface area (Å²) in [6, 6.07) is 5.69. The summed E-state index contributed by atoms with van der Waals surface area (Å²) in [6.45, 7) is 5.47. The van der Waals surface area contributed by atoms with Gasteiger partial charge in [0, 0.05) is 37.8 Å². The van der Waals surface area contributed by atoms with Crippen LogP contribution in [0.15, 0.2) is 35.6 Å². The minimum atomic E-state index is -2.57. The molecule has 1 aliphatic heterocycles. The molecule has 0 aromatic carbocycles. The number of pyridine rings is 1. The fourth-order valence-electron chi connectivity index (χ4n) is 4.93. The molecule has 1 saturated carbocycles. The van der Waals surface area contributed by atoms with Gasteiger partial charge in [-0.15, -0.1) is 5.10 Å². The van der Waals surface area contributed by atoms with Gasteiger partial charge in [-0.2, -0.15) is 0 Å². The van der Waals surface area contributed by atoms with Gasteiger partial charge in [0.15, 0.2) is 0 Å². The lowest BCUT2D eigenvalue weighted by atomic mass is 9.78. The molecule has 0 saturated heterocycles. The lowest BCUT2D eigenvalue weighted by Gasteiger charge is -2.28. The Morgan fingerprint density at radius 1 is 1.24 bits per heavy atom. The summed E-state index contributed by atoms with van der Waals surface area (Å²) in [7, 11) is 0. The van der Waals surface area contributed by atoms with Crippen LogP contribution in [0.25, 0.3) is 16.8 Å². The summed E-state index contributed by atoms with van der Waals surface area (Å²) in [4.78, 5) is 13.9. The molecule has 5 rings (SSSR count). The normalized spacial score (nSPS) is 23.4. The van der Waals surface area contributed by atoms with Crippen LogP contribution in [-0.4, -0.2) is 43.4 Å². The van der Waals surface area contributed by atoms with E-state index in [4.69, 9.17) is 4.98 Å². The number of nitrogens with one attached hydrogen (secondary N) is 1. The molecule has 9 heteroatoms. The minimum absolute atomic E-state index is 0. The van der Waals surface area contributed by atoms with E-state index in [9.17, 15) is 13.2 Å². The summed E-state index contributed by atoms with van der Waals surface area (Å²) < 4.78 is 42.5. The third-order valence-corrected chi connectivity index (χ3v) is 6.92. The third-order valence-electron chi connectivity index (χ3n) is 6.92. The van der Waals surface area contributed by atoms with Gasteiger partial charge in [-0.25, -0.2) is 27.7 Å². The Kier molecular flexibility index (Phi) is 5.17. The Bertz CT molecular complexity index is 1230. The van der Waals surface area contributed by atoms with E-state index in [2.05, 4.69) is 20.4 Å². The molecule has 1 N–H and O–H groups in total. The van der Waals surface area contributed by atoms with Gasteiger partial charge in [-0.1, -0.05) is 0 Å². The molecule has 0 spiro atoms. The van der Waals surface area contributed by atoms with Crippen LogP contribution < -0.4 is 5.32 Å². The molecular formula is C24H29F3N6. The average Bonchev–Trinajstić information content (AvgIpc) is 3.27. The van der Waals surface area contributed by atoms with Crippen LogP contribution in [0.3, 0.4) is 0 Å². The van der Waals surface area contributed by atoms with Crippen molar-refractivity contribution < 1.29 is 14.6 Å². The second kappa shape index (κ2) is 7.81. The minimum Gasteiger partial charge on any atom is -0.350 e. The average molecular weight is 459 g/mol. The van der Waals surface area contributed by atoms with Crippen LogP contribution in [0.2, 0.25) is 0 Å². The molecular weight excluding hydrogens is 429 g/mol. The number of nitrogens with zero attached hydrogens (tertiary/aromatic N) is 5. The number of hydrogen-bond donors (Lipinski definition) is 1. The topological polar surface area (TPSA) is 67.5 Å². The van der Waals surface area contributed by atoms with E-state index < -0.39 is 17.5 Å². The van der Waals surface area contributed by atoms with Crippen molar-refractivity contribution in [3.8, 4) is 11.3 Å². The summed E-state index contributed by atoms with van der Waals surface area (Å²) in [5.74, 6) is -2.15. The number of aromatic nitrogens is 4. The maximum Gasteiger partial charge on any atom is 0.248 e. The molecule has 1 aliphatic carbocycles. The molecule has 176 valence electrons. The fourth-order valence-corrected chi connectivity index (χ4v) is 4.93. The van der Waals surface area contributed by atoms with Crippen molar-refractivity contribution in [1.29, 1.82) is 0 Å². The van der Waals surface area contributed by atoms with Crippen molar-refractivity contribution in [1.82, 2.24) is 19.6 Å². The predicted molar refractivity (Wildman–Crippen MR) is 124 cm³/mol. The van der Waals surface area contributed by atoms with Gasteiger partial charge in [0.1, 0.15) is 0 Å². The molecule has 2 aliphatic rings. The quantitative estimate of drug-likeness (QED) is 0.499. The Morgan fingerprint density at radius 3 is 2.73 bits per heavy atom. The van der Waals surface area contributed by atoms with E-state index >= 15 is 0 Å². The number of halogens is 3.